The zero-order valence-electron chi connectivity index (χ0n) is 20.2. The fraction of sp³-hybridized carbons (Fsp3) is 0.538. The van der Waals surface area contributed by atoms with Gasteiger partial charge in [0, 0.05) is 5.56 Å². The van der Waals surface area contributed by atoms with Crippen LogP contribution in [-0.2, 0) is 16.5 Å². The van der Waals surface area contributed by atoms with Crippen molar-refractivity contribution in [2.75, 3.05) is 0 Å². The zero-order valence-corrected chi connectivity index (χ0v) is 24.2. The standard InChI is InChI=1S/C26H38O5S.K/c1-2-3-4-5-6-7-8-9-10-11-12-13-18-24-25(19-15-20-26(24)32(28,29)30)31-23-17-14-16-22(27)21-23;/h14-17,19-21,27H,2-13,18H2,1H3,(H,28,29,30);/q;+1/p-1. The summed E-state index contributed by atoms with van der Waals surface area (Å²) in [5.74, 6) is 0.519. The van der Waals surface area contributed by atoms with Crippen LogP contribution >= 0.6 is 0 Å². The summed E-state index contributed by atoms with van der Waals surface area (Å²) >= 11 is 0. The van der Waals surface area contributed by atoms with Gasteiger partial charge < -0.3 is 9.84 Å². The first-order valence-corrected chi connectivity index (χ1v) is 13.4. The number of hydrogen-bond acceptors (Lipinski definition) is 4. The van der Waals surface area contributed by atoms with E-state index >= 15 is 0 Å². The van der Waals surface area contributed by atoms with E-state index in [0.717, 1.165) is 19.3 Å². The van der Waals surface area contributed by atoms with Gasteiger partial charge in [-0.3, -0.25) is 4.55 Å². The number of ether oxygens (including phenoxy) is 1. The Bertz CT molecular complexity index is 915. The summed E-state index contributed by atoms with van der Waals surface area (Å²) in [5.41, 5.74) is 0.457. The molecule has 0 aliphatic heterocycles. The van der Waals surface area contributed by atoms with Crippen molar-refractivity contribution >= 4 is 10.1 Å². The molecule has 0 amide bonds. The second kappa shape index (κ2) is 17.1. The zero-order chi connectivity index (χ0) is 23.2. The molecular formula is C26H37KO5S. The summed E-state index contributed by atoms with van der Waals surface area (Å²) in [7, 11) is -4.36. The van der Waals surface area contributed by atoms with Gasteiger partial charge in [-0.25, -0.2) is 0 Å². The van der Waals surface area contributed by atoms with E-state index in [2.05, 4.69) is 6.92 Å². The monoisotopic (exact) mass is 500 g/mol. The first-order valence-electron chi connectivity index (χ1n) is 12.0. The van der Waals surface area contributed by atoms with Crippen molar-refractivity contribution in [3.05, 3.63) is 48.0 Å². The molecule has 33 heavy (non-hydrogen) atoms. The van der Waals surface area contributed by atoms with Crippen LogP contribution in [0, 0.1) is 0 Å². The van der Waals surface area contributed by atoms with Gasteiger partial charge in [0.1, 0.15) is 16.4 Å². The third-order valence-corrected chi connectivity index (χ3v) is 6.62. The van der Waals surface area contributed by atoms with Crippen LogP contribution in [0.3, 0.4) is 0 Å². The third kappa shape index (κ3) is 12.2. The number of unbranched alkanes of at least 4 members (excludes halogenated alkanes) is 11. The van der Waals surface area contributed by atoms with Crippen molar-refractivity contribution < 1.29 is 74.2 Å². The summed E-state index contributed by atoms with van der Waals surface area (Å²) in [6, 6.07) is 10.6. The van der Waals surface area contributed by atoms with Crippen LogP contribution < -0.4 is 61.2 Å². The van der Waals surface area contributed by atoms with Crippen LogP contribution in [0.5, 0.6) is 17.2 Å². The summed E-state index contributed by atoms with van der Waals surface area (Å²) in [5, 5.41) is 11.6. The topological polar surface area (TPSA) is 86.7 Å². The SMILES string of the molecule is CCCCCCCCCCCCCCc1c(Oc2cccc([O-])c2)cccc1S(=O)(=O)O.[K+]. The molecule has 7 heteroatoms. The second-order valence-electron chi connectivity index (χ2n) is 8.42. The van der Waals surface area contributed by atoms with E-state index in [1.165, 1.54) is 82.1 Å². The van der Waals surface area contributed by atoms with E-state index in [4.69, 9.17) is 4.74 Å². The van der Waals surface area contributed by atoms with E-state index in [0.29, 0.717) is 23.5 Å². The molecule has 2 aromatic carbocycles. The maximum Gasteiger partial charge on any atom is 1.00 e. The Morgan fingerprint density at radius 1 is 0.818 bits per heavy atom. The molecule has 0 fully saturated rings. The van der Waals surface area contributed by atoms with Crippen molar-refractivity contribution in [1.82, 2.24) is 0 Å². The van der Waals surface area contributed by atoms with Crippen LogP contribution in [0.2, 0.25) is 0 Å². The van der Waals surface area contributed by atoms with Gasteiger partial charge in [0.25, 0.3) is 10.1 Å². The van der Waals surface area contributed by atoms with Gasteiger partial charge in [-0.05, 0) is 37.1 Å². The first kappa shape index (κ1) is 30.6. The van der Waals surface area contributed by atoms with Crippen LogP contribution in [0.1, 0.15) is 89.5 Å². The predicted octanol–water partition coefficient (Wildman–Crippen LogP) is 4.05. The van der Waals surface area contributed by atoms with Crippen LogP contribution in [0.4, 0.5) is 0 Å². The van der Waals surface area contributed by atoms with Gasteiger partial charge in [-0.1, -0.05) is 95.8 Å². The van der Waals surface area contributed by atoms with E-state index in [1.807, 2.05) is 0 Å². The van der Waals surface area contributed by atoms with Crippen molar-refractivity contribution in [3.8, 4) is 17.2 Å². The third-order valence-electron chi connectivity index (χ3n) is 5.68. The Morgan fingerprint density at radius 3 is 1.91 bits per heavy atom. The van der Waals surface area contributed by atoms with E-state index < -0.39 is 10.1 Å². The van der Waals surface area contributed by atoms with E-state index in [1.54, 1.807) is 18.2 Å². The fourth-order valence-electron chi connectivity index (χ4n) is 3.94. The maximum atomic E-state index is 11.9. The molecule has 0 spiro atoms. The number of hydrogen-bond donors (Lipinski definition) is 1. The van der Waals surface area contributed by atoms with Crippen molar-refractivity contribution in [2.45, 2.75) is 95.3 Å². The molecule has 0 radical (unpaired) electrons. The van der Waals surface area contributed by atoms with Crippen LogP contribution in [0.15, 0.2) is 47.4 Å². The Kier molecular flexibility index (Phi) is 15.9. The maximum absolute atomic E-state index is 11.9. The molecule has 0 saturated heterocycles. The minimum atomic E-state index is -4.36. The van der Waals surface area contributed by atoms with Crippen molar-refractivity contribution in [1.29, 1.82) is 0 Å². The summed E-state index contributed by atoms with van der Waals surface area (Å²) in [6.07, 6.45) is 15.1. The Hall–Kier alpha value is -0.414. The van der Waals surface area contributed by atoms with Crippen LogP contribution in [0.25, 0.3) is 0 Å². The number of rotatable bonds is 16. The van der Waals surface area contributed by atoms with Crippen molar-refractivity contribution in [3.63, 3.8) is 0 Å². The molecule has 1 N–H and O–H groups in total. The quantitative estimate of drug-likeness (QED) is 0.213. The Morgan fingerprint density at radius 2 is 1.36 bits per heavy atom. The summed E-state index contributed by atoms with van der Waals surface area (Å²) in [6.45, 7) is 2.24. The van der Waals surface area contributed by atoms with E-state index in [-0.39, 0.29) is 62.0 Å². The Labute approximate surface area is 242 Å². The second-order valence-corrected chi connectivity index (χ2v) is 9.81. The van der Waals surface area contributed by atoms with Crippen molar-refractivity contribution in [2.24, 2.45) is 0 Å². The van der Waals surface area contributed by atoms with Gasteiger partial charge in [0.2, 0.25) is 0 Å². The largest absolute Gasteiger partial charge is 1.00 e. The molecule has 5 nitrogen and oxygen atoms in total. The summed E-state index contributed by atoms with van der Waals surface area (Å²) < 4.78 is 39.2. The molecule has 0 heterocycles. The molecular weight excluding hydrogens is 463 g/mol. The van der Waals surface area contributed by atoms with Gasteiger partial charge in [-0.2, -0.15) is 8.42 Å². The normalized spacial score (nSPS) is 11.2. The predicted molar refractivity (Wildman–Crippen MR) is 127 cm³/mol. The molecule has 0 aromatic heterocycles. The summed E-state index contributed by atoms with van der Waals surface area (Å²) in [4.78, 5) is -0.128. The molecule has 2 rings (SSSR count). The van der Waals surface area contributed by atoms with Gasteiger partial charge >= 0.3 is 51.4 Å². The molecule has 0 saturated carbocycles. The molecule has 0 aliphatic carbocycles. The average molecular weight is 501 g/mol. The average Bonchev–Trinajstić information content (AvgIpc) is 2.74. The smallest absolute Gasteiger partial charge is 0.872 e. The van der Waals surface area contributed by atoms with Gasteiger partial charge in [0.05, 0.1) is 0 Å². The minimum absolute atomic E-state index is 0. The molecule has 0 aliphatic rings. The molecule has 0 bridgehead atoms. The van der Waals surface area contributed by atoms with Crippen LogP contribution in [-0.4, -0.2) is 13.0 Å². The minimum Gasteiger partial charge on any atom is -0.872 e. The Balaban J connectivity index is 0.00000544. The first-order chi connectivity index (χ1) is 15.4. The molecule has 0 atom stereocenters. The molecule has 2 aromatic rings. The van der Waals surface area contributed by atoms with E-state index in [9.17, 15) is 18.1 Å². The number of benzene rings is 2. The molecule has 0 unspecified atom stereocenters. The fourth-order valence-corrected chi connectivity index (χ4v) is 4.70. The van der Waals surface area contributed by atoms with Gasteiger partial charge in [-0.15, -0.1) is 5.75 Å². The molecule has 178 valence electrons. The van der Waals surface area contributed by atoms with Gasteiger partial charge in [0.15, 0.2) is 0 Å².